The number of rotatable bonds is 7. The van der Waals surface area contributed by atoms with Crippen LogP contribution in [0, 0.1) is 11.8 Å². The summed E-state index contributed by atoms with van der Waals surface area (Å²) in [5.74, 6) is 2.07. The van der Waals surface area contributed by atoms with Crippen molar-refractivity contribution in [3.8, 4) is 0 Å². The molecule has 1 fully saturated rings. The van der Waals surface area contributed by atoms with Gasteiger partial charge >= 0.3 is 0 Å². The summed E-state index contributed by atoms with van der Waals surface area (Å²) >= 11 is 1.91. The molecule has 0 amide bonds. The SMILES string of the molecule is CCC(C)c1nc(N2CCC(C)C2)sc1CNCC(C)C. The van der Waals surface area contributed by atoms with E-state index >= 15 is 0 Å². The van der Waals surface area contributed by atoms with Gasteiger partial charge in [0.15, 0.2) is 5.13 Å². The predicted molar refractivity (Wildman–Crippen MR) is 93.4 cm³/mol. The Balaban J connectivity index is 2.10. The fourth-order valence-electron chi connectivity index (χ4n) is 2.77. The second-order valence-electron chi connectivity index (χ2n) is 6.98. The molecule has 1 aromatic heterocycles. The summed E-state index contributed by atoms with van der Waals surface area (Å²) in [7, 11) is 0. The summed E-state index contributed by atoms with van der Waals surface area (Å²) < 4.78 is 0. The van der Waals surface area contributed by atoms with Gasteiger partial charge in [-0.3, -0.25) is 0 Å². The van der Waals surface area contributed by atoms with Gasteiger partial charge in [-0.25, -0.2) is 4.98 Å². The Kier molecular flexibility index (Phi) is 6.06. The molecule has 2 atom stereocenters. The number of hydrogen-bond acceptors (Lipinski definition) is 4. The van der Waals surface area contributed by atoms with Gasteiger partial charge in [0.25, 0.3) is 0 Å². The van der Waals surface area contributed by atoms with Crippen molar-refractivity contribution in [2.75, 3.05) is 24.5 Å². The molecule has 0 spiro atoms. The van der Waals surface area contributed by atoms with Crippen molar-refractivity contribution in [1.29, 1.82) is 0 Å². The van der Waals surface area contributed by atoms with Crippen LogP contribution in [0.25, 0.3) is 0 Å². The number of aromatic nitrogens is 1. The van der Waals surface area contributed by atoms with Crippen LogP contribution in [0.5, 0.6) is 0 Å². The maximum absolute atomic E-state index is 5.00. The van der Waals surface area contributed by atoms with Crippen LogP contribution in [0.4, 0.5) is 5.13 Å². The third kappa shape index (κ3) is 4.43. The number of thiazole rings is 1. The zero-order valence-electron chi connectivity index (χ0n) is 14.3. The van der Waals surface area contributed by atoms with E-state index < -0.39 is 0 Å². The van der Waals surface area contributed by atoms with E-state index in [1.807, 2.05) is 11.3 Å². The minimum absolute atomic E-state index is 0.561. The van der Waals surface area contributed by atoms with Gasteiger partial charge in [0.1, 0.15) is 0 Å². The molecule has 1 saturated heterocycles. The average molecular weight is 310 g/mol. The lowest BCUT2D eigenvalue weighted by molar-refractivity contribution is 0.551. The lowest BCUT2D eigenvalue weighted by Gasteiger charge is -2.13. The van der Waals surface area contributed by atoms with Crippen molar-refractivity contribution in [3.63, 3.8) is 0 Å². The highest BCUT2D eigenvalue weighted by Crippen LogP contribution is 2.34. The van der Waals surface area contributed by atoms with Gasteiger partial charge in [-0.2, -0.15) is 0 Å². The Labute approximate surface area is 134 Å². The van der Waals surface area contributed by atoms with E-state index in [1.54, 1.807) is 0 Å². The monoisotopic (exact) mass is 309 g/mol. The second kappa shape index (κ2) is 7.59. The summed E-state index contributed by atoms with van der Waals surface area (Å²) in [5, 5.41) is 4.83. The molecular formula is C17H31N3S. The maximum atomic E-state index is 5.00. The molecule has 1 aromatic rings. The molecule has 1 aliphatic rings. The van der Waals surface area contributed by atoms with E-state index in [-0.39, 0.29) is 0 Å². The normalized spacial score (nSPS) is 20.5. The van der Waals surface area contributed by atoms with Crippen molar-refractivity contribution in [1.82, 2.24) is 10.3 Å². The van der Waals surface area contributed by atoms with Crippen LogP contribution in [0.3, 0.4) is 0 Å². The number of hydrogen-bond donors (Lipinski definition) is 1. The van der Waals surface area contributed by atoms with Gasteiger partial charge in [0.05, 0.1) is 5.69 Å². The molecule has 0 saturated carbocycles. The first-order valence-electron chi connectivity index (χ1n) is 8.46. The first-order valence-corrected chi connectivity index (χ1v) is 9.28. The molecule has 4 heteroatoms. The fraction of sp³-hybridized carbons (Fsp3) is 0.824. The minimum Gasteiger partial charge on any atom is -0.348 e. The number of nitrogens with one attached hydrogen (secondary N) is 1. The Morgan fingerprint density at radius 2 is 2.14 bits per heavy atom. The molecule has 21 heavy (non-hydrogen) atoms. The van der Waals surface area contributed by atoms with Crippen molar-refractivity contribution >= 4 is 16.5 Å². The molecule has 2 rings (SSSR count). The first-order chi connectivity index (χ1) is 10.0. The Hall–Kier alpha value is -0.610. The highest BCUT2D eigenvalue weighted by Gasteiger charge is 2.24. The van der Waals surface area contributed by atoms with Crippen molar-refractivity contribution in [3.05, 3.63) is 10.6 Å². The third-order valence-electron chi connectivity index (χ3n) is 4.33. The average Bonchev–Trinajstić information content (AvgIpc) is 3.04. The van der Waals surface area contributed by atoms with Crippen LogP contribution >= 0.6 is 11.3 Å². The Morgan fingerprint density at radius 3 is 2.71 bits per heavy atom. The molecule has 0 bridgehead atoms. The summed E-state index contributed by atoms with van der Waals surface area (Å²) in [6, 6.07) is 0. The highest BCUT2D eigenvalue weighted by atomic mass is 32.1. The molecule has 2 heterocycles. The van der Waals surface area contributed by atoms with Crippen LogP contribution in [-0.4, -0.2) is 24.6 Å². The lowest BCUT2D eigenvalue weighted by Crippen LogP contribution is -2.19. The molecule has 0 aliphatic carbocycles. The molecule has 120 valence electrons. The van der Waals surface area contributed by atoms with Crippen LogP contribution in [0.15, 0.2) is 0 Å². The largest absolute Gasteiger partial charge is 0.348 e. The molecule has 0 aromatic carbocycles. The molecule has 0 radical (unpaired) electrons. The van der Waals surface area contributed by atoms with Gasteiger partial charge in [0, 0.05) is 24.5 Å². The first kappa shape index (κ1) is 16.8. The predicted octanol–water partition coefficient (Wildman–Crippen LogP) is 4.25. The van der Waals surface area contributed by atoms with E-state index in [2.05, 4.69) is 44.8 Å². The molecule has 1 aliphatic heterocycles. The van der Waals surface area contributed by atoms with Crippen LogP contribution in [0.2, 0.25) is 0 Å². The lowest BCUT2D eigenvalue weighted by atomic mass is 10.0. The topological polar surface area (TPSA) is 28.2 Å². The van der Waals surface area contributed by atoms with E-state index in [0.29, 0.717) is 11.8 Å². The summed E-state index contributed by atoms with van der Waals surface area (Å²) in [6.07, 6.45) is 2.47. The summed E-state index contributed by atoms with van der Waals surface area (Å²) in [4.78, 5) is 8.92. The maximum Gasteiger partial charge on any atom is 0.185 e. The van der Waals surface area contributed by atoms with E-state index in [0.717, 1.165) is 25.4 Å². The van der Waals surface area contributed by atoms with Crippen molar-refractivity contribution < 1.29 is 0 Å². The van der Waals surface area contributed by atoms with Gasteiger partial charge in [-0.15, -0.1) is 11.3 Å². The fourth-order valence-corrected chi connectivity index (χ4v) is 3.96. The van der Waals surface area contributed by atoms with E-state index in [1.165, 1.54) is 35.2 Å². The van der Waals surface area contributed by atoms with E-state index in [4.69, 9.17) is 4.98 Å². The van der Waals surface area contributed by atoms with Gasteiger partial charge in [-0.1, -0.05) is 34.6 Å². The van der Waals surface area contributed by atoms with Gasteiger partial charge in [0.2, 0.25) is 0 Å². The van der Waals surface area contributed by atoms with Gasteiger partial charge in [-0.05, 0) is 37.1 Å². The zero-order chi connectivity index (χ0) is 15.4. The van der Waals surface area contributed by atoms with Crippen molar-refractivity contribution in [2.24, 2.45) is 11.8 Å². The van der Waals surface area contributed by atoms with Crippen LogP contribution < -0.4 is 10.2 Å². The standard InChI is InChI=1S/C17H31N3S/c1-6-14(5)16-15(10-18-9-12(2)3)21-17(19-16)20-8-7-13(4)11-20/h12-14,18H,6-11H2,1-5H3. The molecular weight excluding hydrogens is 278 g/mol. The van der Waals surface area contributed by atoms with Crippen molar-refractivity contribution in [2.45, 2.75) is 59.9 Å². The number of anilines is 1. The summed E-state index contributed by atoms with van der Waals surface area (Å²) in [6.45, 7) is 15.8. The van der Waals surface area contributed by atoms with E-state index in [9.17, 15) is 0 Å². The highest BCUT2D eigenvalue weighted by molar-refractivity contribution is 7.15. The molecule has 1 N–H and O–H groups in total. The smallest absolute Gasteiger partial charge is 0.185 e. The third-order valence-corrected chi connectivity index (χ3v) is 5.46. The zero-order valence-corrected chi connectivity index (χ0v) is 15.1. The van der Waals surface area contributed by atoms with Crippen LogP contribution in [-0.2, 0) is 6.54 Å². The summed E-state index contributed by atoms with van der Waals surface area (Å²) in [5.41, 5.74) is 1.33. The van der Waals surface area contributed by atoms with Crippen LogP contribution in [0.1, 0.15) is 63.9 Å². The number of nitrogens with zero attached hydrogens (tertiary/aromatic N) is 2. The second-order valence-corrected chi connectivity index (χ2v) is 8.04. The molecule has 3 nitrogen and oxygen atoms in total. The van der Waals surface area contributed by atoms with Gasteiger partial charge < -0.3 is 10.2 Å². The molecule has 2 unspecified atom stereocenters. The Morgan fingerprint density at radius 1 is 1.38 bits per heavy atom. The minimum atomic E-state index is 0.561. The Bertz CT molecular complexity index is 441. The quantitative estimate of drug-likeness (QED) is 0.816.